The number of imidazole rings is 1. The van der Waals surface area contributed by atoms with Crippen LogP contribution in [0.15, 0.2) is 18.7 Å². The molecule has 110 valence electrons. The van der Waals surface area contributed by atoms with Gasteiger partial charge in [-0.25, -0.2) is 4.98 Å². The van der Waals surface area contributed by atoms with E-state index in [0.29, 0.717) is 6.54 Å². The minimum absolute atomic E-state index is 0.223. The summed E-state index contributed by atoms with van der Waals surface area (Å²) in [5, 5.41) is 9.87. The van der Waals surface area contributed by atoms with Gasteiger partial charge in [-0.15, -0.1) is 0 Å². The Labute approximate surface area is 118 Å². The molecular formula is C16H30N2O. The van der Waals surface area contributed by atoms with Gasteiger partial charge < -0.3 is 9.67 Å². The summed E-state index contributed by atoms with van der Waals surface area (Å²) in [5.41, 5.74) is 0. The van der Waals surface area contributed by atoms with Crippen LogP contribution in [0.4, 0.5) is 0 Å². The van der Waals surface area contributed by atoms with Crippen LogP contribution in [-0.4, -0.2) is 20.8 Å². The van der Waals surface area contributed by atoms with Crippen LogP contribution < -0.4 is 0 Å². The number of aliphatic hydroxyl groups excluding tert-OH is 1. The van der Waals surface area contributed by atoms with Crippen molar-refractivity contribution < 1.29 is 5.11 Å². The summed E-state index contributed by atoms with van der Waals surface area (Å²) in [7, 11) is 0. The summed E-state index contributed by atoms with van der Waals surface area (Å²) in [5.74, 6) is 0. The molecule has 3 heteroatoms. The molecule has 1 heterocycles. The number of rotatable bonds is 12. The first-order chi connectivity index (χ1) is 9.33. The molecule has 3 nitrogen and oxygen atoms in total. The van der Waals surface area contributed by atoms with Gasteiger partial charge in [0.1, 0.15) is 0 Å². The lowest BCUT2D eigenvalue weighted by atomic mass is 10.1. The van der Waals surface area contributed by atoms with Gasteiger partial charge in [-0.05, 0) is 6.42 Å². The number of aliphatic hydroxyl groups is 1. The molecule has 0 saturated carbocycles. The third-order valence-electron chi connectivity index (χ3n) is 3.62. The van der Waals surface area contributed by atoms with Crippen molar-refractivity contribution in [3.8, 4) is 0 Å². The maximum atomic E-state index is 9.87. The Morgan fingerprint density at radius 3 is 2.21 bits per heavy atom. The first-order valence-corrected chi connectivity index (χ1v) is 7.96. The number of hydrogen-bond donors (Lipinski definition) is 1. The second kappa shape index (κ2) is 11.0. The van der Waals surface area contributed by atoms with Crippen molar-refractivity contribution in [1.29, 1.82) is 0 Å². The summed E-state index contributed by atoms with van der Waals surface area (Å²) in [4.78, 5) is 3.98. The summed E-state index contributed by atoms with van der Waals surface area (Å²) < 4.78 is 1.94. The van der Waals surface area contributed by atoms with E-state index in [1.807, 2.05) is 10.8 Å². The highest BCUT2D eigenvalue weighted by atomic mass is 16.3. The average molecular weight is 266 g/mol. The fourth-order valence-electron chi connectivity index (χ4n) is 2.42. The zero-order chi connectivity index (χ0) is 13.8. The third kappa shape index (κ3) is 8.82. The van der Waals surface area contributed by atoms with E-state index in [4.69, 9.17) is 0 Å². The quantitative estimate of drug-likeness (QED) is 0.577. The van der Waals surface area contributed by atoms with Crippen molar-refractivity contribution in [2.75, 3.05) is 0 Å². The molecule has 0 amide bonds. The average Bonchev–Trinajstić information content (AvgIpc) is 2.89. The van der Waals surface area contributed by atoms with Crippen molar-refractivity contribution in [1.82, 2.24) is 9.55 Å². The van der Waals surface area contributed by atoms with Crippen LogP contribution in [-0.2, 0) is 6.54 Å². The molecule has 1 unspecified atom stereocenters. The summed E-state index contributed by atoms with van der Waals surface area (Å²) >= 11 is 0. The van der Waals surface area contributed by atoms with Crippen LogP contribution in [0.3, 0.4) is 0 Å². The predicted octanol–water partition coefficient (Wildman–Crippen LogP) is 4.16. The van der Waals surface area contributed by atoms with E-state index >= 15 is 0 Å². The van der Waals surface area contributed by atoms with Gasteiger partial charge in [0, 0.05) is 18.9 Å². The Hall–Kier alpha value is -0.830. The topological polar surface area (TPSA) is 38.0 Å². The van der Waals surface area contributed by atoms with Crippen LogP contribution in [0.2, 0.25) is 0 Å². The molecule has 0 spiro atoms. The first-order valence-electron chi connectivity index (χ1n) is 7.96. The molecule has 0 aliphatic rings. The van der Waals surface area contributed by atoms with Gasteiger partial charge in [-0.2, -0.15) is 0 Å². The minimum Gasteiger partial charge on any atom is -0.391 e. The normalized spacial score (nSPS) is 12.7. The van der Waals surface area contributed by atoms with Crippen molar-refractivity contribution in [2.24, 2.45) is 0 Å². The number of unbranched alkanes of at least 4 members (excludes halogenated alkanes) is 8. The van der Waals surface area contributed by atoms with Gasteiger partial charge in [0.25, 0.3) is 0 Å². The molecule has 0 fully saturated rings. The van der Waals surface area contributed by atoms with Crippen molar-refractivity contribution in [3.05, 3.63) is 18.7 Å². The second-order valence-corrected chi connectivity index (χ2v) is 5.53. The van der Waals surface area contributed by atoms with E-state index in [2.05, 4.69) is 11.9 Å². The van der Waals surface area contributed by atoms with Crippen molar-refractivity contribution >= 4 is 0 Å². The number of hydrogen-bond acceptors (Lipinski definition) is 2. The molecule has 19 heavy (non-hydrogen) atoms. The molecule has 0 aliphatic carbocycles. The van der Waals surface area contributed by atoms with E-state index in [0.717, 1.165) is 12.8 Å². The lowest BCUT2D eigenvalue weighted by molar-refractivity contribution is 0.140. The summed E-state index contributed by atoms with van der Waals surface area (Å²) in [6, 6.07) is 0. The lowest BCUT2D eigenvalue weighted by Gasteiger charge is -2.10. The molecule has 1 aromatic rings. The van der Waals surface area contributed by atoms with Gasteiger partial charge in [0.05, 0.1) is 12.4 Å². The molecule has 0 aromatic carbocycles. The molecule has 0 aliphatic heterocycles. The second-order valence-electron chi connectivity index (χ2n) is 5.53. The smallest absolute Gasteiger partial charge is 0.0946 e. The third-order valence-corrected chi connectivity index (χ3v) is 3.62. The van der Waals surface area contributed by atoms with E-state index in [1.54, 1.807) is 12.5 Å². The Kier molecular flexibility index (Phi) is 9.42. The highest BCUT2D eigenvalue weighted by molar-refractivity contribution is 4.75. The van der Waals surface area contributed by atoms with Crippen LogP contribution in [0.25, 0.3) is 0 Å². The predicted molar refractivity (Wildman–Crippen MR) is 80.1 cm³/mol. The Bertz CT molecular complexity index is 285. The van der Waals surface area contributed by atoms with Gasteiger partial charge in [-0.3, -0.25) is 0 Å². The molecule has 1 rings (SSSR count). The molecule has 1 aromatic heterocycles. The van der Waals surface area contributed by atoms with E-state index in [-0.39, 0.29) is 6.10 Å². The van der Waals surface area contributed by atoms with Gasteiger partial charge in [0.2, 0.25) is 0 Å². The molecule has 0 saturated heterocycles. The molecule has 0 radical (unpaired) electrons. The van der Waals surface area contributed by atoms with E-state index in [9.17, 15) is 5.11 Å². The highest BCUT2D eigenvalue weighted by Gasteiger charge is 2.04. The fourth-order valence-corrected chi connectivity index (χ4v) is 2.42. The summed E-state index contributed by atoms with van der Waals surface area (Å²) in [6.45, 7) is 2.94. The Balaban J connectivity index is 1.85. The maximum absolute atomic E-state index is 9.87. The van der Waals surface area contributed by atoms with Crippen molar-refractivity contribution in [2.45, 2.75) is 83.8 Å². The largest absolute Gasteiger partial charge is 0.391 e. The maximum Gasteiger partial charge on any atom is 0.0946 e. The molecule has 1 N–H and O–H groups in total. The van der Waals surface area contributed by atoms with Crippen molar-refractivity contribution in [3.63, 3.8) is 0 Å². The molecule has 0 bridgehead atoms. The number of aromatic nitrogens is 2. The first kappa shape index (κ1) is 16.2. The van der Waals surface area contributed by atoms with Gasteiger partial charge in [-0.1, -0.05) is 64.7 Å². The Morgan fingerprint density at radius 2 is 1.63 bits per heavy atom. The monoisotopic (exact) mass is 266 g/mol. The molecule has 1 atom stereocenters. The van der Waals surface area contributed by atoms with Gasteiger partial charge >= 0.3 is 0 Å². The zero-order valence-corrected chi connectivity index (χ0v) is 12.4. The van der Waals surface area contributed by atoms with E-state index in [1.165, 1.54) is 51.4 Å². The molecular weight excluding hydrogens is 236 g/mol. The zero-order valence-electron chi connectivity index (χ0n) is 12.4. The van der Waals surface area contributed by atoms with Crippen LogP contribution in [0.5, 0.6) is 0 Å². The van der Waals surface area contributed by atoms with E-state index < -0.39 is 0 Å². The van der Waals surface area contributed by atoms with Crippen LogP contribution in [0, 0.1) is 0 Å². The standard InChI is InChI=1S/C16H30N2O/c1-2-3-4-5-6-7-8-9-10-11-16(19)14-18-13-12-17-15-18/h12-13,15-16,19H,2-11,14H2,1H3. The highest BCUT2D eigenvalue weighted by Crippen LogP contribution is 2.11. The van der Waals surface area contributed by atoms with Crippen LogP contribution >= 0.6 is 0 Å². The fraction of sp³-hybridized carbons (Fsp3) is 0.812. The summed E-state index contributed by atoms with van der Waals surface area (Å²) in [6.07, 6.45) is 18.1. The minimum atomic E-state index is -0.223. The SMILES string of the molecule is CCCCCCCCCCCC(O)Cn1ccnc1. The Morgan fingerprint density at radius 1 is 1.00 bits per heavy atom. The lowest BCUT2D eigenvalue weighted by Crippen LogP contribution is -2.14. The van der Waals surface area contributed by atoms with Gasteiger partial charge in [0.15, 0.2) is 0 Å². The van der Waals surface area contributed by atoms with Crippen LogP contribution in [0.1, 0.15) is 71.1 Å². The number of nitrogens with zero attached hydrogens (tertiary/aromatic N) is 2.